The fraction of sp³-hybridized carbons (Fsp3) is 0.895. The molecule has 0 aliphatic heterocycles. The first kappa shape index (κ1) is 38.5. The second-order valence-corrected chi connectivity index (χ2v) is 13.4. The molecule has 15 nitrogen and oxygen atoms in total. The summed E-state index contributed by atoms with van der Waals surface area (Å²) in [5.74, 6) is -1.90. The maximum Gasteiger partial charge on any atom is 0.339 e. The maximum atomic E-state index is 11.3. The zero-order valence-electron chi connectivity index (χ0n) is 21.2. The molecule has 0 heterocycles. The van der Waals surface area contributed by atoms with Gasteiger partial charge in [-0.05, 0) is 6.42 Å². The highest BCUT2D eigenvalue weighted by Crippen LogP contribution is 2.40. The predicted octanol–water partition coefficient (Wildman–Crippen LogP) is 1.82. The van der Waals surface area contributed by atoms with Crippen LogP contribution >= 0.6 is 22.8 Å². The molecule has 222 valence electrons. The van der Waals surface area contributed by atoms with Crippen LogP contribution < -0.4 is 5.32 Å². The number of esters is 1. The molecule has 18 heteroatoms. The third-order valence-electron chi connectivity index (χ3n) is 4.48. The molecule has 0 aromatic carbocycles. The Morgan fingerprint density at radius 2 is 1.16 bits per heavy atom. The number of carboxylic acids is 1. The summed E-state index contributed by atoms with van der Waals surface area (Å²) in [4.78, 5) is 73.3. The smallest absolute Gasteiger partial charge is 0.339 e. The topological polar surface area (TPSA) is 251 Å². The Kier molecular flexibility index (Phi) is 22.0. The normalized spacial score (nSPS) is 12.2. The monoisotopic (exact) mass is 600 g/mol. The van der Waals surface area contributed by atoms with Crippen LogP contribution in [-0.2, 0) is 28.0 Å². The zero-order valence-corrected chi connectivity index (χ0v) is 23.9. The van der Waals surface area contributed by atoms with Crippen molar-refractivity contribution in [3.05, 3.63) is 0 Å². The number of hydrogen-bond acceptors (Lipinski definition) is 8. The van der Waals surface area contributed by atoms with Gasteiger partial charge in [-0.1, -0.05) is 64.7 Å². The second-order valence-electron chi connectivity index (χ2n) is 8.49. The summed E-state index contributed by atoms with van der Waals surface area (Å²) in [6.45, 7) is 1.59. The highest BCUT2D eigenvalue weighted by molar-refractivity contribution is 7.52. The number of nitrogens with one attached hydrogen (secondary N) is 1. The maximum absolute atomic E-state index is 11.3. The van der Waals surface area contributed by atoms with Gasteiger partial charge in [0.05, 0.1) is 26.0 Å². The van der Waals surface area contributed by atoms with Crippen molar-refractivity contribution in [1.82, 2.24) is 10.2 Å². The van der Waals surface area contributed by atoms with Crippen molar-refractivity contribution in [2.24, 2.45) is 0 Å². The lowest BCUT2D eigenvalue weighted by Gasteiger charge is -2.20. The van der Waals surface area contributed by atoms with Crippen LogP contribution in [0.15, 0.2) is 0 Å². The predicted molar refractivity (Wildman–Crippen MR) is 136 cm³/mol. The van der Waals surface area contributed by atoms with Gasteiger partial charge in [0.2, 0.25) is 0 Å². The summed E-state index contributed by atoms with van der Waals surface area (Å²) in [5, 5.41) is 10.7. The molecule has 0 fully saturated rings. The Hall–Kier alpha value is -0.690. The molecule has 0 rings (SSSR count). The molecule has 0 aliphatic rings. The van der Waals surface area contributed by atoms with Crippen molar-refractivity contribution in [2.75, 3.05) is 38.6 Å². The van der Waals surface area contributed by atoms with Crippen molar-refractivity contribution in [2.45, 2.75) is 71.1 Å². The molecule has 0 amide bonds. The van der Waals surface area contributed by atoms with E-state index in [-0.39, 0.29) is 6.54 Å². The summed E-state index contributed by atoms with van der Waals surface area (Å²) >= 11 is 0. The lowest BCUT2D eigenvalue weighted by molar-refractivity contribution is -0.142. The molecular weight excluding hydrogens is 557 g/mol. The van der Waals surface area contributed by atoms with Gasteiger partial charge in [-0.15, -0.1) is 0 Å². The minimum absolute atomic E-state index is 0.164. The Balaban J connectivity index is 0. The van der Waals surface area contributed by atoms with E-state index >= 15 is 0 Å². The van der Waals surface area contributed by atoms with E-state index in [0.717, 1.165) is 12.8 Å². The lowest BCUT2D eigenvalue weighted by Crippen LogP contribution is -2.31. The van der Waals surface area contributed by atoms with Crippen LogP contribution in [0, 0.1) is 0 Å². The van der Waals surface area contributed by atoms with Gasteiger partial charge in [-0.3, -0.25) is 33.5 Å². The van der Waals surface area contributed by atoms with E-state index in [4.69, 9.17) is 39.2 Å². The van der Waals surface area contributed by atoms with E-state index in [2.05, 4.69) is 12.2 Å². The highest BCUT2D eigenvalue weighted by Gasteiger charge is 2.27. The number of ether oxygens (including phenoxy) is 1. The van der Waals surface area contributed by atoms with Gasteiger partial charge >= 0.3 is 34.7 Å². The molecule has 0 saturated heterocycles. The summed E-state index contributed by atoms with van der Waals surface area (Å²) in [7, 11) is -13.2. The molecule has 0 atom stereocenters. The van der Waals surface area contributed by atoms with Crippen LogP contribution in [0.2, 0.25) is 0 Å². The van der Waals surface area contributed by atoms with E-state index in [1.807, 2.05) is 0 Å². The van der Waals surface area contributed by atoms with Crippen LogP contribution in [0.25, 0.3) is 0 Å². The number of aliphatic carboxylic acids is 1. The number of carboxylic acid groups (broad SMARTS) is 1. The third kappa shape index (κ3) is 35.3. The molecule has 0 aliphatic carbocycles. The molecule has 37 heavy (non-hydrogen) atoms. The van der Waals surface area contributed by atoms with Crippen LogP contribution in [0.4, 0.5) is 0 Å². The fourth-order valence-electron chi connectivity index (χ4n) is 2.99. The molecule has 0 unspecified atom stereocenters. The van der Waals surface area contributed by atoms with Crippen LogP contribution in [-0.4, -0.2) is 89.9 Å². The van der Waals surface area contributed by atoms with Gasteiger partial charge in [0.1, 0.15) is 12.6 Å². The van der Waals surface area contributed by atoms with Gasteiger partial charge in [0.15, 0.2) is 0 Å². The van der Waals surface area contributed by atoms with Crippen molar-refractivity contribution in [3.63, 3.8) is 0 Å². The number of carbonyl (C=O) groups excluding carboxylic acids is 1. The highest BCUT2D eigenvalue weighted by atomic mass is 31.2. The van der Waals surface area contributed by atoms with Gasteiger partial charge in [0, 0.05) is 0 Å². The average Bonchev–Trinajstić information content (AvgIpc) is 2.68. The van der Waals surface area contributed by atoms with E-state index in [1.54, 1.807) is 0 Å². The number of rotatable bonds is 21. The first-order chi connectivity index (χ1) is 16.9. The first-order valence-electron chi connectivity index (χ1n) is 11.9. The van der Waals surface area contributed by atoms with Crippen molar-refractivity contribution >= 4 is 34.7 Å². The van der Waals surface area contributed by atoms with Crippen LogP contribution in [0.1, 0.15) is 71.1 Å². The minimum Gasteiger partial charge on any atom is -0.480 e. The van der Waals surface area contributed by atoms with Gasteiger partial charge in [-0.2, -0.15) is 0 Å². The van der Waals surface area contributed by atoms with Crippen molar-refractivity contribution in [3.8, 4) is 0 Å². The summed E-state index contributed by atoms with van der Waals surface area (Å²) in [6, 6.07) is 0. The SMILES string of the molecule is CCCCCCCCCCCCOC(=O)CNCP(=O)(O)O.O=C(O)CN(CP(=O)(O)O)CP(=O)(O)O. The van der Waals surface area contributed by atoms with Gasteiger partial charge in [-0.25, -0.2) is 0 Å². The van der Waals surface area contributed by atoms with Crippen LogP contribution in [0.3, 0.4) is 0 Å². The molecule has 0 bridgehead atoms. The summed E-state index contributed by atoms with van der Waals surface area (Å²) in [6.07, 6.45) is 9.71. The molecule has 0 aromatic heterocycles. The number of nitrogens with zero attached hydrogens (tertiary/aromatic N) is 1. The molecule has 0 spiro atoms. The van der Waals surface area contributed by atoms with Gasteiger partial charge < -0.3 is 39.2 Å². The molecule has 0 saturated carbocycles. The summed E-state index contributed by atoms with van der Waals surface area (Å²) in [5.41, 5.74) is 0. The number of hydrogen-bond donors (Lipinski definition) is 8. The molecule has 0 radical (unpaired) electrons. The Morgan fingerprint density at radius 3 is 1.54 bits per heavy atom. The van der Waals surface area contributed by atoms with Crippen molar-refractivity contribution < 1.29 is 62.5 Å². The van der Waals surface area contributed by atoms with Crippen LogP contribution in [0.5, 0.6) is 0 Å². The molecule has 0 aromatic rings. The quantitative estimate of drug-likeness (QED) is 0.0531. The second kappa shape index (κ2) is 21.2. The Labute approximate surface area is 217 Å². The Bertz CT molecular complexity index is 742. The van der Waals surface area contributed by atoms with E-state index in [9.17, 15) is 23.3 Å². The van der Waals surface area contributed by atoms with Crippen molar-refractivity contribution in [1.29, 1.82) is 0 Å². The van der Waals surface area contributed by atoms with Gasteiger partial charge in [0.25, 0.3) is 0 Å². The minimum atomic E-state index is -4.54. The van der Waals surface area contributed by atoms with E-state index in [1.165, 1.54) is 51.4 Å². The van der Waals surface area contributed by atoms with E-state index < -0.39 is 60.1 Å². The number of carbonyl (C=O) groups is 2. The zero-order chi connectivity index (χ0) is 29.0. The fourth-order valence-corrected chi connectivity index (χ4v) is 4.99. The third-order valence-corrected chi connectivity index (χ3v) is 6.65. The molecular formula is C19H43N2O13P3. The first-order valence-corrected chi connectivity index (χ1v) is 17.3. The average molecular weight is 600 g/mol. The largest absolute Gasteiger partial charge is 0.480 e. The summed E-state index contributed by atoms with van der Waals surface area (Å²) < 4.78 is 36.6. The Morgan fingerprint density at radius 1 is 0.730 bits per heavy atom. The number of unbranched alkanes of at least 4 members (excludes halogenated alkanes) is 9. The molecule has 8 N–H and O–H groups in total. The lowest BCUT2D eigenvalue weighted by atomic mass is 10.1. The standard InChI is InChI=1S/C15H32NO5P.C4H11NO8P2/c1-2-3-4-5-6-7-8-9-10-11-12-21-15(17)13-16-14-22(18,19)20;6-4(7)1-5(2-14(8,9)10)3-15(11,12)13/h16H,2-14H2,1H3,(H2,18,19,20);1-3H2,(H,6,7)(H2,8,9,10)(H2,11,12,13). The van der Waals surface area contributed by atoms with E-state index in [0.29, 0.717) is 11.5 Å².